The van der Waals surface area contributed by atoms with Crippen LogP contribution in [0.4, 0.5) is 10.1 Å². The van der Waals surface area contributed by atoms with Crippen molar-refractivity contribution in [2.24, 2.45) is 0 Å². The van der Waals surface area contributed by atoms with Crippen LogP contribution in [0.25, 0.3) is 0 Å². The molecule has 0 bridgehead atoms. The minimum absolute atomic E-state index is 0.0193. The standard InChI is InChI=1S/C27H28Cl2FN3O4S/c1-3-31-27(35)25(15-19-9-5-4-6-10-19)32(17-22-23(28)13-8-14-24(22)29)26(34)18-33(38(2,36)37)21-12-7-11-20(30)16-21/h4-14,16,25H,3,15,17-18H2,1-2H3,(H,31,35)/t25-/m0/s1. The van der Waals surface area contributed by atoms with Crippen molar-refractivity contribution in [2.75, 3.05) is 23.7 Å². The van der Waals surface area contributed by atoms with Crippen LogP contribution in [0.3, 0.4) is 0 Å². The average Bonchev–Trinajstić information content (AvgIpc) is 2.86. The van der Waals surface area contributed by atoms with Crippen LogP contribution in [-0.4, -0.2) is 50.5 Å². The summed E-state index contributed by atoms with van der Waals surface area (Å²) in [6, 6.07) is 17.9. The maximum Gasteiger partial charge on any atom is 0.244 e. The molecule has 3 aromatic carbocycles. The summed E-state index contributed by atoms with van der Waals surface area (Å²) in [4.78, 5) is 28.5. The highest BCUT2D eigenvalue weighted by Gasteiger charge is 2.33. The molecule has 0 aliphatic carbocycles. The van der Waals surface area contributed by atoms with Crippen LogP contribution in [0.1, 0.15) is 18.1 Å². The number of hydrogen-bond acceptors (Lipinski definition) is 4. The van der Waals surface area contributed by atoms with E-state index in [1.54, 1.807) is 25.1 Å². The molecule has 0 saturated carbocycles. The number of amides is 2. The third-order valence-corrected chi connectivity index (χ3v) is 7.64. The van der Waals surface area contributed by atoms with Gasteiger partial charge in [0.15, 0.2) is 0 Å². The number of benzene rings is 3. The highest BCUT2D eigenvalue weighted by atomic mass is 35.5. The van der Waals surface area contributed by atoms with Gasteiger partial charge >= 0.3 is 0 Å². The molecule has 0 aromatic heterocycles. The van der Waals surface area contributed by atoms with E-state index in [2.05, 4.69) is 5.32 Å². The molecule has 0 unspecified atom stereocenters. The molecule has 7 nitrogen and oxygen atoms in total. The lowest BCUT2D eigenvalue weighted by Gasteiger charge is -2.33. The summed E-state index contributed by atoms with van der Waals surface area (Å²) in [5.41, 5.74) is 1.18. The molecule has 0 aliphatic heterocycles. The van der Waals surface area contributed by atoms with Gasteiger partial charge in [-0.15, -0.1) is 0 Å². The van der Waals surface area contributed by atoms with Crippen LogP contribution in [0.15, 0.2) is 72.8 Å². The van der Waals surface area contributed by atoms with Gasteiger partial charge in [-0.3, -0.25) is 13.9 Å². The average molecular weight is 581 g/mol. The molecule has 3 aromatic rings. The van der Waals surface area contributed by atoms with Crippen LogP contribution in [0.5, 0.6) is 0 Å². The quantitative estimate of drug-likeness (QED) is 0.357. The number of hydrogen-bond donors (Lipinski definition) is 1. The number of sulfonamides is 1. The second-order valence-electron chi connectivity index (χ2n) is 8.57. The molecular weight excluding hydrogens is 552 g/mol. The maximum absolute atomic E-state index is 14.0. The number of anilines is 1. The predicted octanol–water partition coefficient (Wildman–Crippen LogP) is 4.67. The van der Waals surface area contributed by atoms with Crippen molar-refractivity contribution < 1.29 is 22.4 Å². The number of rotatable bonds is 11. The summed E-state index contributed by atoms with van der Waals surface area (Å²) < 4.78 is 40.1. The largest absolute Gasteiger partial charge is 0.355 e. The van der Waals surface area contributed by atoms with Crippen molar-refractivity contribution in [1.82, 2.24) is 10.2 Å². The van der Waals surface area contributed by atoms with Crippen molar-refractivity contribution in [2.45, 2.75) is 25.9 Å². The second kappa shape index (κ2) is 13.1. The minimum atomic E-state index is -4.00. The van der Waals surface area contributed by atoms with E-state index in [1.807, 2.05) is 30.3 Å². The molecule has 0 spiro atoms. The number of carbonyl (C=O) groups is 2. The lowest BCUT2D eigenvalue weighted by Crippen LogP contribution is -2.53. The number of halogens is 3. The van der Waals surface area contributed by atoms with E-state index in [1.165, 1.54) is 23.1 Å². The summed E-state index contributed by atoms with van der Waals surface area (Å²) in [5.74, 6) is -1.78. The maximum atomic E-state index is 14.0. The molecule has 0 fully saturated rings. The molecule has 11 heteroatoms. The molecule has 0 aliphatic rings. The van der Waals surface area contributed by atoms with Gasteiger partial charge in [-0.25, -0.2) is 12.8 Å². The fraction of sp³-hybridized carbons (Fsp3) is 0.259. The SMILES string of the molecule is CCNC(=O)[C@H](Cc1ccccc1)N(Cc1c(Cl)cccc1Cl)C(=O)CN(c1cccc(F)c1)S(C)(=O)=O. The fourth-order valence-electron chi connectivity index (χ4n) is 3.94. The van der Waals surface area contributed by atoms with Gasteiger partial charge in [0.25, 0.3) is 0 Å². The Kier molecular flexibility index (Phi) is 10.1. The van der Waals surface area contributed by atoms with Gasteiger partial charge in [-0.1, -0.05) is 65.7 Å². The van der Waals surface area contributed by atoms with E-state index < -0.39 is 40.2 Å². The third-order valence-electron chi connectivity index (χ3n) is 5.79. The lowest BCUT2D eigenvalue weighted by atomic mass is 10.0. The molecule has 1 atom stereocenters. The van der Waals surface area contributed by atoms with Gasteiger partial charge in [0, 0.05) is 35.1 Å². The molecule has 0 radical (unpaired) electrons. The normalized spacial score (nSPS) is 12.0. The zero-order chi connectivity index (χ0) is 27.9. The van der Waals surface area contributed by atoms with Crippen LogP contribution in [-0.2, 0) is 32.6 Å². The molecule has 1 N–H and O–H groups in total. The monoisotopic (exact) mass is 579 g/mol. The van der Waals surface area contributed by atoms with Gasteiger partial charge in [-0.2, -0.15) is 0 Å². The number of nitrogens with zero attached hydrogens (tertiary/aromatic N) is 2. The van der Waals surface area contributed by atoms with Gasteiger partial charge in [0.1, 0.15) is 18.4 Å². The first-order valence-corrected chi connectivity index (χ1v) is 14.4. The van der Waals surface area contributed by atoms with Crippen molar-refractivity contribution in [3.05, 3.63) is 99.8 Å². The lowest BCUT2D eigenvalue weighted by molar-refractivity contribution is -0.140. The molecular formula is C27H28Cl2FN3O4S. The van der Waals surface area contributed by atoms with Crippen molar-refractivity contribution in [3.8, 4) is 0 Å². The van der Waals surface area contributed by atoms with Gasteiger partial charge in [0.2, 0.25) is 21.8 Å². The Labute approximate surface area is 232 Å². The predicted molar refractivity (Wildman–Crippen MR) is 148 cm³/mol. The smallest absolute Gasteiger partial charge is 0.244 e. The second-order valence-corrected chi connectivity index (χ2v) is 11.3. The van der Waals surface area contributed by atoms with Crippen LogP contribution in [0.2, 0.25) is 10.0 Å². The summed E-state index contributed by atoms with van der Waals surface area (Å²) >= 11 is 12.8. The van der Waals surface area contributed by atoms with E-state index >= 15 is 0 Å². The van der Waals surface area contributed by atoms with Gasteiger partial charge < -0.3 is 10.2 Å². The first-order valence-electron chi connectivity index (χ1n) is 11.8. The Balaban J connectivity index is 2.09. The Bertz CT molecular complexity index is 1370. The Morgan fingerprint density at radius 2 is 1.61 bits per heavy atom. The van der Waals surface area contributed by atoms with E-state index in [0.717, 1.165) is 22.2 Å². The minimum Gasteiger partial charge on any atom is -0.355 e. The van der Waals surface area contributed by atoms with Crippen LogP contribution in [0, 0.1) is 5.82 Å². The first-order chi connectivity index (χ1) is 18.0. The van der Waals surface area contributed by atoms with Crippen LogP contribution >= 0.6 is 23.2 Å². The first kappa shape index (κ1) is 29.4. The van der Waals surface area contributed by atoms with Gasteiger partial charge in [-0.05, 0) is 42.8 Å². The molecule has 38 heavy (non-hydrogen) atoms. The Hall–Kier alpha value is -3.14. The summed E-state index contributed by atoms with van der Waals surface area (Å²) in [6.45, 7) is 1.24. The Morgan fingerprint density at radius 3 is 2.18 bits per heavy atom. The zero-order valence-electron chi connectivity index (χ0n) is 20.9. The van der Waals surface area contributed by atoms with Crippen molar-refractivity contribution in [3.63, 3.8) is 0 Å². The van der Waals surface area contributed by atoms with Crippen molar-refractivity contribution in [1.29, 1.82) is 0 Å². The Morgan fingerprint density at radius 1 is 0.974 bits per heavy atom. The zero-order valence-corrected chi connectivity index (χ0v) is 23.2. The van der Waals surface area contributed by atoms with Crippen molar-refractivity contribution >= 4 is 50.7 Å². The topological polar surface area (TPSA) is 86.8 Å². The number of nitrogens with one attached hydrogen (secondary N) is 1. The molecule has 202 valence electrons. The highest BCUT2D eigenvalue weighted by molar-refractivity contribution is 7.92. The number of likely N-dealkylation sites (N-methyl/N-ethyl adjacent to an activating group) is 1. The van der Waals surface area contributed by atoms with E-state index in [-0.39, 0.29) is 28.7 Å². The molecule has 3 rings (SSSR count). The summed E-state index contributed by atoms with van der Waals surface area (Å²) in [6.07, 6.45) is 1.07. The molecule has 2 amide bonds. The van der Waals surface area contributed by atoms with E-state index in [4.69, 9.17) is 23.2 Å². The number of carbonyl (C=O) groups excluding carboxylic acids is 2. The van der Waals surface area contributed by atoms with E-state index in [9.17, 15) is 22.4 Å². The summed E-state index contributed by atoms with van der Waals surface area (Å²) in [5, 5.41) is 3.33. The van der Waals surface area contributed by atoms with Gasteiger partial charge in [0.05, 0.1) is 11.9 Å². The molecule has 0 heterocycles. The molecule has 0 saturated heterocycles. The van der Waals surface area contributed by atoms with Crippen LogP contribution < -0.4 is 9.62 Å². The highest BCUT2D eigenvalue weighted by Crippen LogP contribution is 2.28. The fourth-order valence-corrected chi connectivity index (χ4v) is 5.30. The summed E-state index contributed by atoms with van der Waals surface area (Å²) in [7, 11) is -4.00. The van der Waals surface area contributed by atoms with E-state index in [0.29, 0.717) is 12.1 Å². The third kappa shape index (κ3) is 7.69.